The molecule has 110 valence electrons. The van der Waals surface area contributed by atoms with Crippen molar-refractivity contribution in [1.82, 2.24) is 14.9 Å². The number of rotatable bonds is 3. The summed E-state index contributed by atoms with van der Waals surface area (Å²) >= 11 is 5.92. The average molecular weight is 295 g/mol. The Bertz CT molecular complexity index is 451. The van der Waals surface area contributed by atoms with Gasteiger partial charge >= 0.3 is 0 Å². The van der Waals surface area contributed by atoms with Crippen molar-refractivity contribution in [2.45, 2.75) is 32.6 Å². The summed E-state index contributed by atoms with van der Waals surface area (Å²) < 4.78 is 0. The van der Waals surface area contributed by atoms with Gasteiger partial charge in [-0.1, -0.05) is 0 Å². The van der Waals surface area contributed by atoms with Gasteiger partial charge in [-0.2, -0.15) is 0 Å². The van der Waals surface area contributed by atoms with Gasteiger partial charge in [-0.15, -0.1) is 0 Å². The first-order chi connectivity index (χ1) is 9.72. The van der Waals surface area contributed by atoms with Gasteiger partial charge in [0.2, 0.25) is 5.28 Å². The monoisotopic (exact) mass is 294 g/mol. The van der Waals surface area contributed by atoms with Crippen molar-refractivity contribution < 1.29 is 0 Å². The molecule has 0 aromatic carbocycles. The average Bonchev–Trinajstić information content (AvgIpc) is 2.95. The molecule has 0 spiro atoms. The Morgan fingerprint density at radius 3 is 2.60 bits per heavy atom. The molecule has 2 aliphatic rings. The van der Waals surface area contributed by atoms with Crippen LogP contribution < -0.4 is 4.90 Å². The van der Waals surface area contributed by atoms with E-state index in [0.29, 0.717) is 5.28 Å². The summed E-state index contributed by atoms with van der Waals surface area (Å²) in [5.74, 6) is 1.87. The van der Waals surface area contributed by atoms with Crippen LogP contribution in [0.2, 0.25) is 5.28 Å². The van der Waals surface area contributed by atoms with Crippen LogP contribution in [-0.4, -0.2) is 47.6 Å². The lowest BCUT2D eigenvalue weighted by atomic mass is 9.96. The Kier molecular flexibility index (Phi) is 4.41. The Balaban J connectivity index is 1.56. The van der Waals surface area contributed by atoms with Crippen molar-refractivity contribution in [2.24, 2.45) is 5.92 Å². The van der Waals surface area contributed by atoms with E-state index in [4.69, 9.17) is 11.6 Å². The van der Waals surface area contributed by atoms with Gasteiger partial charge in [-0.3, -0.25) is 0 Å². The van der Waals surface area contributed by atoms with Crippen molar-refractivity contribution in [3.8, 4) is 0 Å². The van der Waals surface area contributed by atoms with Gasteiger partial charge in [0.05, 0.1) is 0 Å². The molecule has 0 aliphatic carbocycles. The summed E-state index contributed by atoms with van der Waals surface area (Å²) in [4.78, 5) is 13.4. The van der Waals surface area contributed by atoms with Crippen LogP contribution in [0.3, 0.4) is 0 Å². The molecule has 0 amide bonds. The van der Waals surface area contributed by atoms with E-state index in [2.05, 4.69) is 26.7 Å². The van der Waals surface area contributed by atoms with Gasteiger partial charge in [-0.25, -0.2) is 9.97 Å². The third-order valence-corrected chi connectivity index (χ3v) is 4.73. The number of likely N-dealkylation sites (tertiary alicyclic amines) is 1. The van der Waals surface area contributed by atoms with E-state index in [-0.39, 0.29) is 0 Å². The highest BCUT2D eigenvalue weighted by atomic mass is 35.5. The lowest BCUT2D eigenvalue weighted by Gasteiger charge is -2.35. The van der Waals surface area contributed by atoms with Crippen LogP contribution >= 0.6 is 11.6 Å². The molecule has 5 heteroatoms. The van der Waals surface area contributed by atoms with Crippen LogP contribution in [0, 0.1) is 12.8 Å². The van der Waals surface area contributed by atoms with Gasteiger partial charge < -0.3 is 9.80 Å². The largest absolute Gasteiger partial charge is 0.356 e. The Morgan fingerprint density at radius 2 is 1.90 bits per heavy atom. The number of halogens is 1. The van der Waals surface area contributed by atoms with Gasteiger partial charge in [0.25, 0.3) is 0 Å². The standard InChI is InChI=1S/C15H23ClN4/c1-12-10-17-15(16)18-14(12)20-8-4-13(5-9-20)11-19-6-2-3-7-19/h10,13H,2-9,11H2,1H3. The maximum absolute atomic E-state index is 5.92. The summed E-state index contributed by atoms with van der Waals surface area (Å²) in [7, 11) is 0. The number of hydrogen-bond donors (Lipinski definition) is 0. The predicted octanol–water partition coefficient (Wildman–Crippen LogP) is 2.75. The van der Waals surface area contributed by atoms with Crippen molar-refractivity contribution in [1.29, 1.82) is 0 Å². The molecule has 0 unspecified atom stereocenters. The van der Waals surface area contributed by atoms with Crippen molar-refractivity contribution >= 4 is 17.4 Å². The number of anilines is 1. The van der Waals surface area contributed by atoms with Crippen LogP contribution in [0.15, 0.2) is 6.20 Å². The fourth-order valence-corrected chi connectivity index (χ4v) is 3.52. The first kappa shape index (κ1) is 14.1. The fraction of sp³-hybridized carbons (Fsp3) is 0.733. The van der Waals surface area contributed by atoms with Crippen molar-refractivity contribution in [2.75, 3.05) is 37.6 Å². The van der Waals surface area contributed by atoms with Crippen LogP contribution in [0.1, 0.15) is 31.2 Å². The number of aromatic nitrogens is 2. The minimum Gasteiger partial charge on any atom is -0.356 e. The second kappa shape index (κ2) is 6.27. The highest BCUT2D eigenvalue weighted by molar-refractivity contribution is 6.28. The molecule has 20 heavy (non-hydrogen) atoms. The van der Waals surface area contributed by atoms with E-state index in [9.17, 15) is 0 Å². The number of hydrogen-bond acceptors (Lipinski definition) is 4. The molecule has 1 aromatic heterocycles. The maximum atomic E-state index is 5.92. The zero-order valence-corrected chi connectivity index (χ0v) is 12.9. The van der Waals surface area contributed by atoms with Gasteiger partial charge in [-0.05, 0) is 63.2 Å². The highest BCUT2D eigenvalue weighted by Crippen LogP contribution is 2.26. The minimum absolute atomic E-state index is 0.352. The van der Waals surface area contributed by atoms with E-state index in [1.54, 1.807) is 0 Å². The molecule has 0 radical (unpaired) electrons. The fourth-order valence-electron chi connectivity index (χ4n) is 3.39. The Morgan fingerprint density at radius 1 is 1.20 bits per heavy atom. The SMILES string of the molecule is Cc1cnc(Cl)nc1N1CCC(CN2CCCC2)CC1. The van der Waals surface area contributed by atoms with Crippen LogP contribution in [-0.2, 0) is 0 Å². The topological polar surface area (TPSA) is 32.3 Å². The van der Waals surface area contributed by atoms with Gasteiger partial charge in [0.15, 0.2) is 0 Å². The molecule has 0 bridgehead atoms. The van der Waals surface area contributed by atoms with Crippen molar-refractivity contribution in [3.63, 3.8) is 0 Å². The third kappa shape index (κ3) is 3.23. The van der Waals surface area contributed by atoms with Crippen molar-refractivity contribution in [3.05, 3.63) is 17.0 Å². The van der Waals surface area contributed by atoms with Crippen LogP contribution in [0.25, 0.3) is 0 Å². The molecule has 2 saturated heterocycles. The van der Waals surface area contributed by atoms with E-state index in [0.717, 1.165) is 30.4 Å². The highest BCUT2D eigenvalue weighted by Gasteiger charge is 2.24. The second-order valence-corrected chi connectivity index (χ2v) is 6.42. The van der Waals surface area contributed by atoms with Gasteiger partial charge in [0.1, 0.15) is 5.82 Å². The molecule has 3 heterocycles. The summed E-state index contributed by atoms with van der Waals surface area (Å²) in [6.07, 6.45) is 7.12. The summed E-state index contributed by atoms with van der Waals surface area (Å²) in [6.45, 7) is 8.14. The lowest BCUT2D eigenvalue weighted by Crippen LogP contribution is -2.38. The zero-order valence-electron chi connectivity index (χ0n) is 12.2. The Hall–Kier alpha value is -0.870. The second-order valence-electron chi connectivity index (χ2n) is 6.08. The smallest absolute Gasteiger partial charge is 0.224 e. The predicted molar refractivity (Wildman–Crippen MR) is 82.4 cm³/mol. The molecule has 3 rings (SSSR count). The molecule has 0 atom stereocenters. The van der Waals surface area contributed by atoms with E-state index >= 15 is 0 Å². The normalized spacial score (nSPS) is 21.6. The maximum Gasteiger partial charge on any atom is 0.224 e. The van der Waals surface area contributed by atoms with E-state index in [1.165, 1.54) is 45.3 Å². The molecule has 2 fully saturated rings. The third-order valence-electron chi connectivity index (χ3n) is 4.54. The van der Waals surface area contributed by atoms with Crippen LogP contribution in [0.5, 0.6) is 0 Å². The quantitative estimate of drug-likeness (QED) is 0.803. The first-order valence-corrected chi connectivity index (χ1v) is 8.06. The number of piperidine rings is 1. The zero-order chi connectivity index (χ0) is 13.9. The number of nitrogens with zero attached hydrogens (tertiary/aromatic N) is 4. The lowest BCUT2D eigenvalue weighted by molar-refractivity contribution is 0.249. The van der Waals surface area contributed by atoms with Gasteiger partial charge in [0, 0.05) is 31.4 Å². The minimum atomic E-state index is 0.352. The van der Waals surface area contributed by atoms with E-state index < -0.39 is 0 Å². The summed E-state index contributed by atoms with van der Waals surface area (Å²) in [6, 6.07) is 0. The summed E-state index contributed by atoms with van der Waals surface area (Å²) in [5.41, 5.74) is 1.12. The molecular formula is C15H23ClN4. The molecule has 1 aromatic rings. The first-order valence-electron chi connectivity index (χ1n) is 7.69. The van der Waals surface area contributed by atoms with Crippen LogP contribution in [0.4, 0.5) is 5.82 Å². The molecule has 2 aliphatic heterocycles. The summed E-state index contributed by atoms with van der Waals surface area (Å²) in [5, 5.41) is 0.352. The molecule has 0 N–H and O–H groups in total. The molecule has 4 nitrogen and oxygen atoms in total. The molecular weight excluding hydrogens is 272 g/mol. The molecule has 0 saturated carbocycles. The number of aryl methyl sites for hydroxylation is 1. The Labute approximate surface area is 126 Å². The van der Waals surface area contributed by atoms with E-state index in [1.807, 2.05) is 6.20 Å².